The molecule has 6 aliphatic rings. The van der Waals surface area contributed by atoms with E-state index in [0.717, 1.165) is 40.6 Å². The molecule has 0 heterocycles. The SMILES string of the molecule is C1=CCC=C1.C[C@@H](C1C=CC=C1P(C1CCCCC1)C1CCCCC1)P(C1CCCCC1)C1CCCCC1.[Fe]. The molecule has 0 spiro atoms. The Morgan fingerprint density at radius 3 is 1.36 bits per heavy atom. The van der Waals surface area contributed by atoms with Crippen molar-refractivity contribution in [2.45, 2.75) is 170 Å². The molecule has 0 amide bonds. The summed E-state index contributed by atoms with van der Waals surface area (Å²) in [5.74, 6) is 0.815. The molecule has 2 atom stereocenters. The molecule has 1 unspecified atom stereocenters. The van der Waals surface area contributed by atoms with E-state index in [1.807, 2.05) is 5.31 Å². The molecule has 39 heavy (non-hydrogen) atoms. The van der Waals surface area contributed by atoms with Crippen LogP contribution in [0.3, 0.4) is 0 Å². The molecule has 0 aromatic carbocycles. The van der Waals surface area contributed by atoms with Gasteiger partial charge in [-0.25, -0.2) is 0 Å². The smallest absolute Gasteiger partial charge is 0.00908 e. The van der Waals surface area contributed by atoms with Gasteiger partial charge in [-0.15, -0.1) is 0 Å². The molecule has 4 fully saturated rings. The summed E-state index contributed by atoms with van der Waals surface area (Å²) in [4.78, 5) is 0. The number of rotatable bonds is 7. The maximum atomic E-state index is 2.76. The first kappa shape index (κ1) is 32.3. The summed E-state index contributed by atoms with van der Waals surface area (Å²) in [7, 11) is 0.242. The van der Waals surface area contributed by atoms with Crippen LogP contribution in [-0.2, 0) is 17.1 Å². The van der Waals surface area contributed by atoms with Crippen molar-refractivity contribution in [3.8, 4) is 0 Å². The normalized spacial score (nSPS) is 27.9. The average molecular weight is 609 g/mol. The van der Waals surface area contributed by atoms with E-state index in [-0.39, 0.29) is 32.9 Å². The van der Waals surface area contributed by atoms with Gasteiger partial charge in [-0.2, -0.15) is 0 Å². The summed E-state index contributed by atoms with van der Waals surface area (Å²) in [6.07, 6.45) is 48.2. The zero-order valence-corrected chi connectivity index (χ0v) is 28.0. The molecule has 6 rings (SSSR count). The molecule has 6 aliphatic carbocycles. The molecule has 0 saturated heterocycles. The van der Waals surface area contributed by atoms with Gasteiger partial charge in [-0.3, -0.25) is 0 Å². The minimum Gasteiger partial charge on any atom is -0.0965 e. The van der Waals surface area contributed by atoms with Crippen molar-refractivity contribution >= 4 is 15.8 Å². The maximum absolute atomic E-state index is 2.76. The van der Waals surface area contributed by atoms with Crippen LogP contribution in [0.4, 0.5) is 0 Å². The molecular weight excluding hydrogens is 550 g/mol. The fourth-order valence-corrected chi connectivity index (χ4v) is 17.7. The van der Waals surface area contributed by atoms with Crippen LogP contribution >= 0.6 is 15.8 Å². The van der Waals surface area contributed by atoms with E-state index in [9.17, 15) is 0 Å². The molecule has 3 heteroatoms. The van der Waals surface area contributed by atoms with E-state index in [0.29, 0.717) is 0 Å². The van der Waals surface area contributed by atoms with Crippen molar-refractivity contribution in [3.05, 3.63) is 47.8 Å². The van der Waals surface area contributed by atoms with Gasteiger partial charge in [0.05, 0.1) is 0 Å². The summed E-state index contributed by atoms with van der Waals surface area (Å²) in [5, 5.41) is 2.01. The van der Waals surface area contributed by atoms with Gasteiger partial charge in [-0.05, 0) is 91.4 Å². The van der Waals surface area contributed by atoms with Crippen LogP contribution in [0.25, 0.3) is 0 Å². The molecule has 220 valence electrons. The number of hydrogen-bond acceptors (Lipinski definition) is 0. The van der Waals surface area contributed by atoms with Gasteiger partial charge >= 0.3 is 0 Å². The molecule has 0 aromatic rings. The van der Waals surface area contributed by atoms with E-state index in [4.69, 9.17) is 0 Å². The Morgan fingerprint density at radius 2 is 0.974 bits per heavy atom. The van der Waals surface area contributed by atoms with Gasteiger partial charge in [0.1, 0.15) is 0 Å². The third-order valence-electron chi connectivity index (χ3n) is 10.8. The monoisotopic (exact) mass is 608 g/mol. The molecule has 4 saturated carbocycles. The van der Waals surface area contributed by atoms with Gasteiger partial charge in [0.15, 0.2) is 0 Å². The van der Waals surface area contributed by atoms with Gasteiger partial charge < -0.3 is 0 Å². The van der Waals surface area contributed by atoms with Crippen molar-refractivity contribution in [2.24, 2.45) is 5.92 Å². The molecule has 0 radical (unpaired) electrons. The van der Waals surface area contributed by atoms with Crippen molar-refractivity contribution in [2.75, 3.05) is 0 Å². The number of hydrogen-bond donors (Lipinski definition) is 0. The fourth-order valence-electron chi connectivity index (χ4n) is 8.89. The van der Waals surface area contributed by atoms with Crippen molar-refractivity contribution in [1.82, 2.24) is 0 Å². The summed E-state index contributed by atoms with van der Waals surface area (Å²) >= 11 is 0. The van der Waals surface area contributed by atoms with Gasteiger partial charge in [0, 0.05) is 23.0 Å². The molecule has 0 bridgehead atoms. The predicted molar refractivity (Wildman–Crippen MR) is 174 cm³/mol. The molecular formula is C36H58FeP2. The Balaban J connectivity index is 0.000000530. The summed E-state index contributed by atoms with van der Waals surface area (Å²) in [6, 6.07) is 0. The second-order valence-electron chi connectivity index (χ2n) is 13.4. The topological polar surface area (TPSA) is 0 Å². The average Bonchev–Trinajstić information content (AvgIpc) is 3.72. The van der Waals surface area contributed by atoms with Crippen LogP contribution in [0.5, 0.6) is 0 Å². The molecule has 0 aliphatic heterocycles. The second kappa shape index (κ2) is 17.5. The van der Waals surface area contributed by atoms with Crippen LogP contribution in [0.15, 0.2) is 47.8 Å². The fraction of sp³-hybridized carbons (Fsp3) is 0.778. The summed E-state index contributed by atoms with van der Waals surface area (Å²) in [5.41, 5.74) is 5.25. The first-order chi connectivity index (χ1) is 18.8. The molecule has 0 aromatic heterocycles. The first-order valence-electron chi connectivity index (χ1n) is 17.1. The van der Waals surface area contributed by atoms with E-state index < -0.39 is 0 Å². The molecule has 0 nitrogen and oxygen atoms in total. The van der Waals surface area contributed by atoms with Crippen LogP contribution in [0, 0.1) is 5.92 Å². The third-order valence-corrected chi connectivity index (χ3v) is 18.4. The Hall–Kier alpha value is 0.339. The summed E-state index contributed by atoms with van der Waals surface area (Å²) in [6.45, 7) is 2.76. The van der Waals surface area contributed by atoms with Crippen molar-refractivity contribution < 1.29 is 17.1 Å². The van der Waals surface area contributed by atoms with E-state index in [1.165, 1.54) is 77.0 Å². The van der Waals surface area contributed by atoms with Crippen molar-refractivity contribution in [3.63, 3.8) is 0 Å². The molecule has 0 N–H and O–H groups in total. The van der Waals surface area contributed by atoms with E-state index >= 15 is 0 Å². The van der Waals surface area contributed by atoms with E-state index in [1.54, 1.807) is 51.4 Å². The van der Waals surface area contributed by atoms with E-state index in [2.05, 4.69) is 49.5 Å². The van der Waals surface area contributed by atoms with Crippen LogP contribution < -0.4 is 0 Å². The largest absolute Gasteiger partial charge is 0.0965 e. The minimum atomic E-state index is 0. The zero-order valence-electron chi connectivity index (χ0n) is 25.1. The predicted octanol–water partition coefficient (Wildman–Crippen LogP) is 12.2. The number of allylic oxidation sites excluding steroid dienone is 8. The van der Waals surface area contributed by atoms with Crippen LogP contribution in [0.2, 0.25) is 0 Å². The standard InChI is InChI=1S/C31H52P2.C5H6.Fe/c1-25(32(26-15-6-2-7-16-26)27-17-8-3-9-18-27)30-23-14-24-31(30)33(28-19-10-4-11-20-28)29-21-12-5-13-22-29;1-2-4-5-3-1;/h14,23-30H,2-13,15-22H2,1H3;1-4H,5H2;/t25-,30?;;/m0../s1. The maximum Gasteiger partial charge on any atom is 0.00908 e. The quantitative estimate of drug-likeness (QED) is 0.199. The van der Waals surface area contributed by atoms with Crippen molar-refractivity contribution in [1.29, 1.82) is 0 Å². The van der Waals surface area contributed by atoms with Gasteiger partial charge in [-0.1, -0.05) is 142 Å². The Kier molecular flexibility index (Phi) is 14.4. The Morgan fingerprint density at radius 1 is 0.564 bits per heavy atom. The van der Waals surface area contributed by atoms with Gasteiger partial charge in [0.2, 0.25) is 0 Å². The van der Waals surface area contributed by atoms with Crippen LogP contribution in [0.1, 0.15) is 142 Å². The first-order valence-corrected chi connectivity index (χ1v) is 20.1. The van der Waals surface area contributed by atoms with Gasteiger partial charge in [0.25, 0.3) is 0 Å². The minimum absolute atomic E-state index is 0. The third kappa shape index (κ3) is 8.92. The Bertz CT molecular complexity index is 758. The summed E-state index contributed by atoms with van der Waals surface area (Å²) < 4.78 is 0. The zero-order chi connectivity index (χ0) is 26.0. The second-order valence-corrected chi connectivity index (χ2v) is 19.3. The van der Waals surface area contributed by atoms with Crippen LogP contribution in [-0.4, -0.2) is 28.3 Å². The Labute approximate surface area is 255 Å².